The Labute approximate surface area is 317 Å². The van der Waals surface area contributed by atoms with Gasteiger partial charge in [0, 0.05) is 22.5 Å². The van der Waals surface area contributed by atoms with E-state index < -0.39 is 0 Å². The first-order valence-electron chi connectivity index (χ1n) is 18.8. The number of anilines is 3. The zero-order chi connectivity index (χ0) is 36.2. The molecule has 9 aromatic rings. The summed E-state index contributed by atoms with van der Waals surface area (Å²) in [7, 11) is 0. The predicted octanol–water partition coefficient (Wildman–Crippen LogP) is 14.8. The number of nitrogens with zero attached hydrogens (tertiary/aromatic N) is 1. The van der Waals surface area contributed by atoms with Gasteiger partial charge in [0.2, 0.25) is 0 Å². The monoisotopic (exact) mass is 689 g/mol. The van der Waals surface area contributed by atoms with E-state index in [1.165, 1.54) is 77.2 Å². The van der Waals surface area contributed by atoms with Crippen LogP contribution in [0.3, 0.4) is 0 Å². The molecular weight excluding hydrogens is 651 g/mol. The molecule has 0 aromatic heterocycles. The summed E-state index contributed by atoms with van der Waals surface area (Å²) in [5.74, 6) is 0. The van der Waals surface area contributed by atoms with Gasteiger partial charge < -0.3 is 4.90 Å². The Hall–Kier alpha value is -6.70. The van der Waals surface area contributed by atoms with E-state index in [1.807, 2.05) is 0 Å². The zero-order valence-electron chi connectivity index (χ0n) is 30.5. The molecule has 54 heavy (non-hydrogen) atoms. The molecule has 0 saturated carbocycles. The van der Waals surface area contributed by atoms with Gasteiger partial charge in [-0.3, -0.25) is 0 Å². The molecule has 10 rings (SSSR count). The second kappa shape index (κ2) is 12.8. The molecule has 0 atom stereocenters. The molecule has 1 heteroatoms. The van der Waals surface area contributed by atoms with Crippen molar-refractivity contribution >= 4 is 38.6 Å². The fraction of sp³-hybridized carbons (Fsp3) is 0.0566. The van der Waals surface area contributed by atoms with Crippen LogP contribution in [0.5, 0.6) is 0 Å². The van der Waals surface area contributed by atoms with Crippen molar-refractivity contribution in [3.8, 4) is 44.5 Å². The third-order valence-electron chi connectivity index (χ3n) is 11.4. The first kappa shape index (κ1) is 32.0. The summed E-state index contributed by atoms with van der Waals surface area (Å²) in [5.41, 5.74) is 16.1. The maximum absolute atomic E-state index is 2.43. The van der Waals surface area contributed by atoms with Gasteiger partial charge in [-0.05, 0) is 120 Å². The van der Waals surface area contributed by atoms with Crippen LogP contribution in [-0.4, -0.2) is 0 Å². The second-order valence-electron chi connectivity index (χ2n) is 14.9. The Morgan fingerprint density at radius 3 is 1.78 bits per heavy atom. The van der Waals surface area contributed by atoms with Crippen LogP contribution in [0.25, 0.3) is 66.1 Å². The first-order valence-corrected chi connectivity index (χ1v) is 18.8. The van der Waals surface area contributed by atoms with Gasteiger partial charge in [0.15, 0.2) is 0 Å². The number of fused-ring (bicyclic) bond motifs is 5. The molecule has 0 unspecified atom stereocenters. The highest BCUT2D eigenvalue weighted by atomic mass is 15.1. The van der Waals surface area contributed by atoms with E-state index in [2.05, 4.69) is 219 Å². The van der Waals surface area contributed by atoms with Gasteiger partial charge in [0.1, 0.15) is 0 Å². The number of rotatable bonds is 6. The number of hydrogen-bond acceptors (Lipinski definition) is 1. The normalized spacial score (nSPS) is 12.8. The van der Waals surface area contributed by atoms with Crippen LogP contribution >= 0.6 is 0 Å². The van der Waals surface area contributed by atoms with Gasteiger partial charge in [-0.15, -0.1) is 0 Å². The molecule has 0 aliphatic heterocycles. The maximum Gasteiger partial charge on any atom is 0.0467 e. The van der Waals surface area contributed by atoms with E-state index in [9.17, 15) is 0 Å². The fourth-order valence-electron chi connectivity index (χ4n) is 8.78. The third kappa shape index (κ3) is 5.24. The van der Waals surface area contributed by atoms with E-state index in [4.69, 9.17) is 0 Å². The number of benzene rings is 9. The highest BCUT2D eigenvalue weighted by molar-refractivity contribution is 6.06. The summed E-state index contributed by atoms with van der Waals surface area (Å²) in [5, 5.41) is 4.99. The molecule has 1 aliphatic rings. The van der Waals surface area contributed by atoms with Crippen LogP contribution in [0.1, 0.15) is 25.0 Å². The summed E-state index contributed by atoms with van der Waals surface area (Å²) < 4.78 is 0. The van der Waals surface area contributed by atoms with Crippen LogP contribution in [0.2, 0.25) is 0 Å². The molecule has 0 fully saturated rings. The molecule has 256 valence electrons. The van der Waals surface area contributed by atoms with Crippen molar-refractivity contribution in [3.05, 3.63) is 211 Å². The number of hydrogen-bond donors (Lipinski definition) is 0. The maximum atomic E-state index is 2.43. The minimum atomic E-state index is -0.157. The van der Waals surface area contributed by atoms with Gasteiger partial charge in [-0.25, -0.2) is 0 Å². The van der Waals surface area contributed by atoms with E-state index >= 15 is 0 Å². The average molecular weight is 690 g/mol. The number of para-hydroxylation sites is 1. The van der Waals surface area contributed by atoms with E-state index in [1.54, 1.807) is 0 Å². The Morgan fingerprint density at radius 1 is 0.333 bits per heavy atom. The SMILES string of the molecule is CC1(C)c2cc(N(c3ccccc3)c3cccc(-c4ccc5ccccc5c4-c4ccc5ccccc5c4)c3)ccc2-c2c(-c3ccccc3)cccc21. The largest absolute Gasteiger partial charge is 0.310 e. The lowest BCUT2D eigenvalue weighted by atomic mass is 9.81. The Balaban J connectivity index is 1.14. The van der Waals surface area contributed by atoms with Crippen LogP contribution < -0.4 is 4.90 Å². The van der Waals surface area contributed by atoms with Crippen LogP contribution in [0.4, 0.5) is 17.1 Å². The lowest BCUT2D eigenvalue weighted by Gasteiger charge is -2.28. The minimum Gasteiger partial charge on any atom is -0.310 e. The van der Waals surface area contributed by atoms with Crippen molar-refractivity contribution in [3.63, 3.8) is 0 Å². The van der Waals surface area contributed by atoms with Crippen LogP contribution in [-0.2, 0) is 5.41 Å². The molecule has 0 spiro atoms. The third-order valence-corrected chi connectivity index (χ3v) is 11.4. The molecule has 9 aromatic carbocycles. The Bertz CT molecular complexity index is 2850. The summed E-state index contributed by atoms with van der Waals surface area (Å²) in [6.07, 6.45) is 0. The molecule has 0 saturated heterocycles. The van der Waals surface area contributed by atoms with Crippen molar-refractivity contribution < 1.29 is 0 Å². The lowest BCUT2D eigenvalue weighted by Crippen LogP contribution is -2.16. The second-order valence-corrected chi connectivity index (χ2v) is 14.9. The van der Waals surface area contributed by atoms with Crippen LogP contribution in [0.15, 0.2) is 200 Å². The van der Waals surface area contributed by atoms with E-state index in [-0.39, 0.29) is 5.41 Å². The van der Waals surface area contributed by atoms with Crippen molar-refractivity contribution in [2.24, 2.45) is 0 Å². The van der Waals surface area contributed by atoms with Gasteiger partial charge in [0.25, 0.3) is 0 Å². The van der Waals surface area contributed by atoms with E-state index in [0.717, 1.165) is 17.1 Å². The summed E-state index contributed by atoms with van der Waals surface area (Å²) in [6, 6.07) is 73.4. The molecule has 1 nitrogen and oxygen atoms in total. The Kier molecular flexibility index (Phi) is 7.56. The Morgan fingerprint density at radius 2 is 0.944 bits per heavy atom. The highest BCUT2D eigenvalue weighted by Gasteiger charge is 2.37. The van der Waals surface area contributed by atoms with Gasteiger partial charge >= 0.3 is 0 Å². The molecule has 0 heterocycles. The molecule has 1 aliphatic carbocycles. The van der Waals surface area contributed by atoms with Crippen LogP contribution in [0, 0.1) is 0 Å². The zero-order valence-corrected chi connectivity index (χ0v) is 30.5. The summed E-state index contributed by atoms with van der Waals surface area (Å²) in [6.45, 7) is 4.75. The van der Waals surface area contributed by atoms with Crippen molar-refractivity contribution in [1.82, 2.24) is 0 Å². The summed E-state index contributed by atoms with van der Waals surface area (Å²) in [4.78, 5) is 2.41. The topological polar surface area (TPSA) is 3.24 Å². The molecule has 0 radical (unpaired) electrons. The van der Waals surface area contributed by atoms with Gasteiger partial charge in [0.05, 0.1) is 0 Å². The van der Waals surface area contributed by atoms with Gasteiger partial charge in [-0.1, -0.05) is 172 Å². The van der Waals surface area contributed by atoms with Crippen molar-refractivity contribution in [2.75, 3.05) is 4.90 Å². The smallest absolute Gasteiger partial charge is 0.0467 e. The fourth-order valence-corrected chi connectivity index (χ4v) is 8.78. The van der Waals surface area contributed by atoms with Gasteiger partial charge in [-0.2, -0.15) is 0 Å². The minimum absolute atomic E-state index is 0.157. The van der Waals surface area contributed by atoms with Crippen molar-refractivity contribution in [1.29, 1.82) is 0 Å². The molecule has 0 bridgehead atoms. The lowest BCUT2D eigenvalue weighted by molar-refractivity contribution is 0.660. The van der Waals surface area contributed by atoms with E-state index in [0.29, 0.717) is 0 Å². The van der Waals surface area contributed by atoms with Crippen molar-refractivity contribution in [2.45, 2.75) is 19.3 Å². The molecule has 0 amide bonds. The summed E-state index contributed by atoms with van der Waals surface area (Å²) >= 11 is 0. The molecule has 0 N–H and O–H groups in total. The first-order chi connectivity index (χ1) is 26.5. The quantitative estimate of drug-likeness (QED) is 0.168. The predicted molar refractivity (Wildman–Crippen MR) is 230 cm³/mol. The highest BCUT2D eigenvalue weighted by Crippen LogP contribution is 2.54. The molecular formula is C53H39N. The standard InChI is InChI=1S/C53H39N/c1-53(2)49-26-14-25-46(37-16-5-3-6-17-37)52(49)48-32-30-44(35-50(48)53)54(42-21-7-4-8-22-42)43-23-13-20-40(34-43)47-31-29-38-18-11-12-24-45(38)51(47)41-28-27-36-15-9-10-19-39(36)33-41/h3-35H,1-2H3. The average Bonchev–Trinajstić information content (AvgIpc) is 3.46.